The summed E-state index contributed by atoms with van der Waals surface area (Å²) in [4.78, 5) is 0. The molecule has 5 aromatic carbocycles. The zero-order valence-corrected chi connectivity index (χ0v) is 20.8. The molecule has 0 aromatic heterocycles. The summed E-state index contributed by atoms with van der Waals surface area (Å²) in [6, 6.07) is 55.5. The van der Waals surface area contributed by atoms with Crippen LogP contribution in [0.2, 0.25) is 0 Å². The van der Waals surface area contributed by atoms with Crippen molar-refractivity contribution < 1.29 is 17.0 Å². The van der Waals surface area contributed by atoms with Crippen LogP contribution in [-0.2, 0) is 0 Å². The molecule has 0 N–H and O–H groups in total. The van der Waals surface area contributed by atoms with Gasteiger partial charge in [-0.1, -0.05) is 115 Å². The summed E-state index contributed by atoms with van der Waals surface area (Å²) in [5.74, 6) is 0. The Morgan fingerprint density at radius 1 is 0.333 bits per heavy atom. The van der Waals surface area contributed by atoms with Crippen molar-refractivity contribution in [1.82, 2.24) is 0 Å². The second-order valence-electron chi connectivity index (χ2n) is 7.95. The monoisotopic (exact) mass is 508 g/mol. The number of halogens is 1. The molecule has 33 heavy (non-hydrogen) atoms. The van der Waals surface area contributed by atoms with Crippen molar-refractivity contribution in [2.45, 2.75) is 5.66 Å². The fourth-order valence-corrected chi connectivity index (χ4v) is 9.75. The predicted molar refractivity (Wildman–Crippen MR) is 140 cm³/mol. The first-order valence-electron chi connectivity index (χ1n) is 11.1. The van der Waals surface area contributed by atoms with Crippen molar-refractivity contribution >= 4 is 23.2 Å². The highest BCUT2D eigenvalue weighted by Gasteiger charge is 2.53. The van der Waals surface area contributed by atoms with Crippen molar-refractivity contribution in [1.29, 1.82) is 0 Å². The Kier molecular flexibility index (Phi) is 7.55. The van der Waals surface area contributed by atoms with Gasteiger partial charge in [0.05, 0.1) is 0 Å². The molecule has 0 unspecified atom stereocenters. The minimum Gasteiger partial charge on any atom is -1.00 e. The molecule has 0 atom stereocenters. The van der Waals surface area contributed by atoms with Crippen molar-refractivity contribution in [2.75, 3.05) is 0 Å². The lowest BCUT2D eigenvalue weighted by molar-refractivity contribution is -0.00000611. The largest absolute Gasteiger partial charge is 1.00 e. The van der Waals surface area contributed by atoms with Crippen LogP contribution in [0.1, 0.15) is 16.8 Å². The molecule has 0 amide bonds. The normalized spacial score (nSPS) is 11.1. The molecule has 5 rings (SSSR count). The molecule has 0 aliphatic carbocycles. The lowest BCUT2D eigenvalue weighted by Gasteiger charge is -2.35. The van der Waals surface area contributed by atoms with Gasteiger partial charge in [0.2, 0.25) is 0 Å². The Labute approximate surface area is 208 Å². The maximum Gasteiger partial charge on any atom is 0.133 e. The Hall–Kier alpha value is -2.99. The van der Waals surface area contributed by atoms with Gasteiger partial charge >= 0.3 is 0 Å². The van der Waals surface area contributed by atoms with Crippen LogP contribution in [0.25, 0.3) is 0 Å². The number of hydrogen-bond donors (Lipinski definition) is 0. The summed E-state index contributed by atoms with van der Waals surface area (Å²) >= 11 is 0. The average Bonchev–Trinajstić information content (AvgIpc) is 2.90. The van der Waals surface area contributed by atoms with Gasteiger partial charge in [-0.15, -0.1) is 0 Å². The van der Waals surface area contributed by atoms with Crippen LogP contribution in [0.3, 0.4) is 0 Å². The second kappa shape index (κ2) is 10.8. The fraction of sp³-hybridized carbons (Fsp3) is 0.0323. The molecule has 0 radical (unpaired) electrons. The molecule has 5 aromatic rings. The van der Waals surface area contributed by atoms with Crippen molar-refractivity contribution in [2.24, 2.45) is 0 Å². The first kappa shape index (κ1) is 23.2. The highest BCUT2D eigenvalue weighted by molar-refractivity contribution is 7.96. The smallest absolute Gasteiger partial charge is 0.133 e. The summed E-state index contributed by atoms with van der Waals surface area (Å²) in [5.41, 5.74) is 2.91. The van der Waals surface area contributed by atoms with Crippen molar-refractivity contribution in [3.05, 3.63) is 163 Å². The molecule has 0 bridgehead atoms. The van der Waals surface area contributed by atoms with Crippen LogP contribution in [-0.4, -0.2) is 0 Å². The zero-order valence-electron chi connectivity index (χ0n) is 18.3. The highest BCUT2D eigenvalue weighted by Crippen LogP contribution is 2.68. The molecule has 0 saturated heterocycles. The summed E-state index contributed by atoms with van der Waals surface area (Å²) in [6.45, 7) is 0. The highest BCUT2D eigenvalue weighted by atomic mass is 79.9. The molecule has 162 valence electrons. The third-order valence-corrected chi connectivity index (χ3v) is 10.8. The van der Waals surface area contributed by atoms with Crippen LogP contribution in [0.4, 0.5) is 0 Å². The summed E-state index contributed by atoms with van der Waals surface area (Å²) in [5, 5.41) is 4.19. The lowest BCUT2D eigenvalue weighted by Crippen LogP contribution is -3.00. The van der Waals surface area contributed by atoms with Crippen LogP contribution < -0.4 is 32.9 Å². The topological polar surface area (TPSA) is 0 Å². The molecule has 0 aliphatic heterocycles. The first-order valence-corrected chi connectivity index (χ1v) is 12.9. The summed E-state index contributed by atoms with van der Waals surface area (Å²) in [7, 11) is -2.11. The van der Waals surface area contributed by atoms with Gasteiger partial charge in [-0.2, -0.15) is 0 Å². The van der Waals surface area contributed by atoms with Crippen molar-refractivity contribution in [3.8, 4) is 0 Å². The number of hydrogen-bond acceptors (Lipinski definition) is 0. The Balaban J connectivity index is 0.00000259. The van der Waals surface area contributed by atoms with Crippen molar-refractivity contribution in [3.63, 3.8) is 0 Å². The molecule has 0 spiro atoms. The number of rotatable bonds is 6. The van der Waals surface area contributed by atoms with Crippen LogP contribution >= 0.6 is 7.26 Å². The summed E-state index contributed by atoms with van der Waals surface area (Å²) < 4.78 is 0. The van der Waals surface area contributed by atoms with Gasteiger partial charge in [0.15, 0.2) is 0 Å². The van der Waals surface area contributed by atoms with Gasteiger partial charge < -0.3 is 17.0 Å². The molecule has 0 saturated carbocycles. The van der Waals surface area contributed by atoms with Crippen LogP contribution in [0, 0.1) is 0 Å². The summed E-state index contributed by atoms with van der Waals surface area (Å²) in [6.07, 6.45) is 0. The van der Waals surface area contributed by atoms with E-state index >= 15 is 0 Å². The zero-order chi connectivity index (χ0) is 21.6. The number of benzene rings is 5. The SMILES string of the molecule is [Br-].c1ccc(C(c2ccccc2)[P+](c2ccccc2)(c2ccccc2)c2ccccc2)cc1. The molecular weight excluding hydrogens is 483 g/mol. The van der Waals surface area contributed by atoms with E-state index < -0.39 is 7.26 Å². The van der Waals surface area contributed by atoms with Gasteiger partial charge in [-0.3, -0.25) is 0 Å². The third kappa shape index (κ3) is 4.44. The van der Waals surface area contributed by atoms with E-state index in [0.29, 0.717) is 0 Å². The average molecular weight is 509 g/mol. The standard InChI is InChI=1S/C31H26P.BrH/c1-6-16-26(17-7-1)31(27-18-8-2-9-19-27)32(28-20-10-3-11-21-28,29-22-12-4-13-23-29)30-24-14-5-15-25-30;/h1-25,31H;1H/q+1;/p-1. The first-order chi connectivity index (χ1) is 15.9. The Morgan fingerprint density at radius 3 is 0.848 bits per heavy atom. The third-order valence-electron chi connectivity index (χ3n) is 6.11. The van der Waals surface area contributed by atoms with E-state index in [-0.39, 0.29) is 22.6 Å². The van der Waals surface area contributed by atoms with Crippen LogP contribution in [0.5, 0.6) is 0 Å². The maximum absolute atomic E-state index is 2.33. The maximum atomic E-state index is 2.33. The Morgan fingerprint density at radius 2 is 0.576 bits per heavy atom. The van der Waals surface area contributed by atoms with E-state index in [9.17, 15) is 0 Å². The predicted octanol–water partition coefficient (Wildman–Crippen LogP) is 3.77. The lowest BCUT2D eigenvalue weighted by atomic mass is 10.0. The Bertz CT molecular complexity index is 1110. The van der Waals surface area contributed by atoms with Gasteiger partial charge in [0, 0.05) is 0 Å². The van der Waals surface area contributed by atoms with Crippen LogP contribution in [0.15, 0.2) is 152 Å². The molecule has 2 heteroatoms. The van der Waals surface area contributed by atoms with Gasteiger partial charge in [-0.25, -0.2) is 0 Å². The minimum absolute atomic E-state index is 0. The fourth-order valence-electron chi connectivity index (χ4n) is 4.79. The van der Waals surface area contributed by atoms with Gasteiger partial charge in [0.1, 0.15) is 28.8 Å². The molecule has 0 nitrogen and oxygen atoms in total. The molecular formula is C31H26BrP. The van der Waals surface area contributed by atoms with Gasteiger partial charge in [0.25, 0.3) is 0 Å². The second-order valence-corrected chi connectivity index (χ2v) is 11.5. The van der Waals surface area contributed by atoms with E-state index in [2.05, 4.69) is 152 Å². The quantitative estimate of drug-likeness (QED) is 0.306. The van der Waals surface area contributed by atoms with Gasteiger partial charge in [-0.05, 0) is 47.5 Å². The van der Waals surface area contributed by atoms with E-state index in [0.717, 1.165) is 0 Å². The van der Waals surface area contributed by atoms with E-state index in [4.69, 9.17) is 0 Å². The van der Waals surface area contributed by atoms with E-state index in [1.165, 1.54) is 27.0 Å². The van der Waals surface area contributed by atoms with E-state index in [1.54, 1.807) is 0 Å². The minimum atomic E-state index is -2.11. The molecule has 0 aliphatic rings. The van der Waals surface area contributed by atoms with E-state index in [1.807, 2.05) is 0 Å². The molecule has 0 fully saturated rings. The molecule has 0 heterocycles.